The third kappa shape index (κ3) is 3.51. The number of esters is 1. The zero-order chi connectivity index (χ0) is 15.4. The standard InChI is InChI=1S/C16H19N3O3/c1-12-5-7-13(8-6-12)19-10-15(17-18-19)16(20)22-11-14-4-2-3-9-21-14/h5-8,10,14H,2-4,9,11H2,1H3. The van der Waals surface area contributed by atoms with Crippen LogP contribution in [0.4, 0.5) is 0 Å². The van der Waals surface area contributed by atoms with Crippen LogP contribution in [0.5, 0.6) is 0 Å². The van der Waals surface area contributed by atoms with Crippen LogP contribution in [0, 0.1) is 6.92 Å². The first-order valence-corrected chi connectivity index (χ1v) is 7.50. The van der Waals surface area contributed by atoms with Gasteiger partial charge < -0.3 is 9.47 Å². The molecule has 1 aromatic carbocycles. The van der Waals surface area contributed by atoms with Crippen molar-refractivity contribution in [2.45, 2.75) is 32.3 Å². The Kier molecular flexibility index (Phi) is 4.48. The molecule has 22 heavy (non-hydrogen) atoms. The number of nitrogens with zero attached hydrogens (tertiary/aromatic N) is 3. The maximum absolute atomic E-state index is 12.0. The Balaban J connectivity index is 1.60. The van der Waals surface area contributed by atoms with E-state index in [-0.39, 0.29) is 18.4 Å². The first-order chi connectivity index (χ1) is 10.7. The molecule has 2 aromatic rings. The molecule has 6 heteroatoms. The Bertz CT molecular complexity index is 630. The quantitative estimate of drug-likeness (QED) is 0.811. The van der Waals surface area contributed by atoms with E-state index in [9.17, 15) is 4.79 Å². The van der Waals surface area contributed by atoms with Gasteiger partial charge in [-0.2, -0.15) is 0 Å². The van der Waals surface area contributed by atoms with Crippen LogP contribution in [0.1, 0.15) is 35.3 Å². The van der Waals surface area contributed by atoms with Gasteiger partial charge in [0.05, 0.1) is 18.0 Å². The monoisotopic (exact) mass is 301 g/mol. The molecule has 6 nitrogen and oxygen atoms in total. The highest BCUT2D eigenvalue weighted by Gasteiger charge is 2.18. The molecule has 1 aliphatic heterocycles. The molecule has 1 aliphatic rings. The van der Waals surface area contributed by atoms with Gasteiger partial charge in [-0.15, -0.1) is 5.10 Å². The summed E-state index contributed by atoms with van der Waals surface area (Å²) in [4.78, 5) is 12.0. The number of aromatic nitrogens is 3. The second-order valence-corrected chi connectivity index (χ2v) is 5.47. The first-order valence-electron chi connectivity index (χ1n) is 7.50. The fourth-order valence-electron chi connectivity index (χ4n) is 2.36. The smallest absolute Gasteiger partial charge is 0.360 e. The molecule has 1 unspecified atom stereocenters. The van der Waals surface area contributed by atoms with Crippen LogP contribution in [-0.2, 0) is 9.47 Å². The van der Waals surface area contributed by atoms with E-state index < -0.39 is 5.97 Å². The highest BCUT2D eigenvalue weighted by Crippen LogP contribution is 2.14. The van der Waals surface area contributed by atoms with Crippen molar-refractivity contribution in [3.05, 3.63) is 41.7 Å². The van der Waals surface area contributed by atoms with Crippen LogP contribution in [-0.4, -0.2) is 40.3 Å². The highest BCUT2D eigenvalue weighted by atomic mass is 16.6. The summed E-state index contributed by atoms with van der Waals surface area (Å²) in [5, 5.41) is 7.84. The van der Waals surface area contributed by atoms with E-state index in [1.807, 2.05) is 31.2 Å². The number of hydrogen-bond donors (Lipinski definition) is 0. The molecular weight excluding hydrogens is 282 g/mol. The van der Waals surface area contributed by atoms with Crippen molar-refractivity contribution in [3.63, 3.8) is 0 Å². The molecule has 0 aliphatic carbocycles. The average molecular weight is 301 g/mol. The van der Waals surface area contributed by atoms with Crippen molar-refractivity contribution in [1.29, 1.82) is 0 Å². The predicted octanol–water partition coefficient (Wildman–Crippen LogP) is 2.30. The molecule has 2 heterocycles. The Labute approximate surface area is 129 Å². The lowest BCUT2D eigenvalue weighted by Gasteiger charge is -2.21. The van der Waals surface area contributed by atoms with E-state index in [0.717, 1.165) is 37.1 Å². The molecular formula is C16H19N3O3. The van der Waals surface area contributed by atoms with E-state index in [1.54, 1.807) is 10.9 Å². The van der Waals surface area contributed by atoms with Gasteiger partial charge in [0, 0.05) is 6.61 Å². The summed E-state index contributed by atoms with van der Waals surface area (Å²) >= 11 is 0. The summed E-state index contributed by atoms with van der Waals surface area (Å²) in [7, 11) is 0. The van der Waals surface area contributed by atoms with Crippen molar-refractivity contribution in [2.75, 3.05) is 13.2 Å². The van der Waals surface area contributed by atoms with Gasteiger partial charge in [0.15, 0.2) is 5.69 Å². The maximum atomic E-state index is 12.0. The summed E-state index contributed by atoms with van der Waals surface area (Å²) in [5.74, 6) is -0.465. The van der Waals surface area contributed by atoms with Crippen molar-refractivity contribution in [3.8, 4) is 5.69 Å². The Morgan fingerprint density at radius 1 is 1.36 bits per heavy atom. The Hall–Kier alpha value is -2.21. The third-order valence-corrected chi connectivity index (χ3v) is 3.68. The zero-order valence-corrected chi connectivity index (χ0v) is 12.6. The van der Waals surface area contributed by atoms with Crippen LogP contribution in [0.25, 0.3) is 5.69 Å². The molecule has 1 atom stereocenters. The van der Waals surface area contributed by atoms with Gasteiger partial charge in [-0.1, -0.05) is 22.9 Å². The van der Waals surface area contributed by atoms with Gasteiger partial charge in [0.1, 0.15) is 6.61 Å². The van der Waals surface area contributed by atoms with Gasteiger partial charge in [-0.3, -0.25) is 0 Å². The second-order valence-electron chi connectivity index (χ2n) is 5.47. The number of rotatable bonds is 4. The number of ether oxygens (including phenoxy) is 2. The molecule has 1 aromatic heterocycles. The van der Waals surface area contributed by atoms with Gasteiger partial charge in [0.2, 0.25) is 0 Å². The molecule has 116 valence electrons. The maximum Gasteiger partial charge on any atom is 0.360 e. The van der Waals surface area contributed by atoms with Gasteiger partial charge >= 0.3 is 5.97 Å². The normalized spacial score (nSPS) is 18.1. The molecule has 0 bridgehead atoms. The molecule has 1 fully saturated rings. The minimum Gasteiger partial charge on any atom is -0.458 e. The van der Waals surface area contributed by atoms with E-state index in [1.165, 1.54) is 0 Å². The van der Waals surface area contributed by atoms with E-state index in [0.29, 0.717) is 0 Å². The zero-order valence-electron chi connectivity index (χ0n) is 12.6. The van der Waals surface area contributed by atoms with Gasteiger partial charge in [0.25, 0.3) is 0 Å². The van der Waals surface area contributed by atoms with Crippen LogP contribution in [0.3, 0.4) is 0 Å². The van der Waals surface area contributed by atoms with E-state index >= 15 is 0 Å². The molecule has 3 rings (SSSR count). The van der Waals surface area contributed by atoms with Crippen molar-refractivity contribution in [1.82, 2.24) is 15.0 Å². The van der Waals surface area contributed by atoms with E-state index in [2.05, 4.69) is 10.3 Å². The predicted molar refractivity (Wildman–Crippen MR) is 80.0 cm³/mol. The Morgan fingerprint density at radius 2 is 2.18 bits per heavy atom. The number of carbonyl (C=O) groups is 1. The van der Waals surface area contributed by atoms with Crippen molar-refractivity contribution >= 4 is 5.97 Å². The Morgan fingerprint density at radius 3 is 2.91 bits per heavy atom. The van der Waals surface area contributed by atoms with Crippen molar-refractivity contribution in [2.24, 2.45) is 0 Å². The summed E-state index contributed by atoms with van der Waals surface area (Å²) in [6, 6.07) is 7.81. The lowest BCUT2D eigenvalue weighted by molar-refractivity contribution is -0.0302. The lowest BCUT2D eigenvalue weighted by Crippen LogP contribution is -2.26. The summed E-state index contributed by atoms with van der Waals surface area (Å²) in [6.07, 6.45) is 4.71. The minimum atomic E-state index is -0.465. The number of aryl methyl sites for hydroxylation is 1. The minimum absolute atomic E-state index is 0.00448. The molecule has 0 spiro atoms. The highest BCUT2D eigenvalue weighted by molar-refractivity contribution is 5.86. The first kappa shape index (κ1) is 14.7. The van der Waals surface area contributed by atoms with E-state index in [4.69, 9.17) is 9.47 Å². The third-order valence-electron chi connectivity index (χ3n) is 3.68. The second kappa shape index (κ2) is 6.70. The average Bonchev–Trinajstić information content (AvgIpc) is 3.04. The van der Waals surface area contributed by atoms with Gasteiger partial charge in [-0.25, -0.2) is 9.48 Å². The summed E-state index contributed by atoms with van der Waals surface area (Å²) < 4.78 is 12.4. The SMILES string of the molecule is Cc1ccc(-n2cc(C(=O)OCC3CCCCO3)nn2)cc1. The number of benzene rings is 1. The fourth-order valence-corrected chi connectivity index (χ4v) is 2.36. The van der Waals surface area contributed by atoms with Crippen LogP contribution >= 0.6 is 0 Å². The number of carbonyl (C=O) groups excluding carboxylic acids is 1. The van der Waals surface area contributed by atoms with Gasteiger partial charge in [-0.05, 0) is 38.3 Å². The fraction of sp³-hybridized carbons (Fsp3) is 0.438. The van der Waals surface area contributed by atoms with Crippen LogP contribution < -0.4 is 0 Å². The number of hydrogen-bond acceptors (Lipinski definition) is 5. The van der Waals surface area contributed by atoms with Crippen LogP contribution in [0.15, 0.2) is 30.5 Å². The summed E-state index contributed by atoms with van der Waals surface area (Å²) in [5.41, 5.74) is 2.22. The molecule has 0 saturated carbocycles. The van der Waals surface area contributed by atoms with Crippen LogP contribution in [0.2, 0.25) is 0 Å². The molecule has 0 amide bonds. The largest absolute Gasteiger partial charge is 0.458 e. The van der Waals surface area contributed by atoms with Crippen molar-refractivity contribution < 1.29 is 14.3 Å². The molecule has 0 radical (unpaired) electrons. The molecule has 1 saturated heterocycles. The molecule has 0 N–H and O–H groups in total. The topological polar surface area (TPSA) is 66.2 Å². The lowest BCUT2D eigenvalue weighted by atomic mass is 10.1. The summed E-state index contributed by atoms with van der Waals surface area (Å²) in [6.45, 7) is 3.03.